The molecule has 0 spiro atoms. The van der Waals surface area contributed by atoms with Gasteiger partial charge in [0.2, 0.25) is 0 Å². The molecule has 2 atom stereocenters. The topological polar surface area (TPSA) is 46.2 Å². The molecule has 0 aromatic heterocycles. The van der Waals surface area contributed by atoms with Gasteiger partial charge in [-0.15, -0.1) is 0 Å². The monoisotopic (exact) mass is 391 g/mol. The van der Waals surface area contributed by atoms with E-state index in [-0.39, 0.29) is 6.54 Å². The van der Waals surface area contributed by atoms with Crippen molar-refractivity contribution in [2.45, 2.75) is 12.0 Å². The summed E-state index contributed by atoms with van der Waals surface area (Å²) in [5.74, 6) is -0.974. The Labute approximate surface area is 140 Å². The van der Waals surface area contributed by atoms with E-state index >= 15 is 0 Å². The van der Waals surface area contributed by atoms with E-state index in [2.05, 4.69) is 15.9 Å². The lowest BCUT2D eigenvalue weighted by atomic mass is 9.89. The minimum Gasteiger partial charge on any atom is -0.388 e. The molecule has 0 saturated heterocycles. The number of benzene rings is 2. The van der Waals surface area contributed by atoms with Gasteiger partial charge < -0.3 is 10.8 Å². The second-order valence-corrected chi connectivity index (χ2v) is 6.26. The first-order valence-corrected chi connectivity index (χ1v) is 7.77. The second kappa shape index (κ2) is 7.07. The predicted octanol–water partition coefficient (Wildman–Crippen LogP) is 4.67. The van der Waals surface area contributed by atoms with Crippen LogP contribution in [0.4, 0.5) is 4.39 Å². The summed E-state index contributed by atoms with van der Waals surface area (Å²) in [7, 11) is 0. The lowest BCUT2D eigenvalue weighted by Gasteiger charge is -2.25. The summed E-state index contributed by atoms with van der Waals surface area (Å²) in [4.78, 5) is 0. The van der Waals surface area contributed by atoms with Crippen molar-refractivity contribution >= 4 is 39.1 Å². The normalized spacial score (nSPS) is 14.0. The van der Waals surface area contributed by atoms with Crippen LogP contribution in [-0.4, -0.2) is 11.7 Å². The fourth-order valence-corrected chi connectivity index (χ4v) is 3.39. The quantitative estimate of drug-likeness (QED) is 0.793. The number of aliphatic hydroxyl groups is 1. The van der Waals surface area contributed by atoms with Crippen LogP contribution in [0.1, 0.15) is 23.1 Å². The van der Waals surface area contributed by atoms with Gasteiger partial charge in [0.05, 0.1) is 6.10 Å². The van der Waals surface area contributed by atoms with Crippen molar-refractivity contribution in [1.29, 1.82) is 0 Å². The zero-order valence-corrected chi connectivity index (χ0v) is 14.0. The minimum absolute atomic E-state index is 0.119. The molecule has 0 bridgehead atoms. The van der Waals surface area contributed by atoms with Crippen molar-refractivity contribution in [2.75, 3.05) is 6.54 Å². The van der Waals surface area contributed by atoms with Crippen LogP contribution in [0, 0.1) is 5.82 Å². The van der Waals surface area contributed by atoms with Crippen LogP contribution >= 0.6 is 39.1 Å². The smallest absolute Gasteiger partial charge is 0.123 e. The van der Waals surface area contributed by atoms with Gasteiger partial charge in [-0.05, 0) is 41.5 Å². The van der Waals surface area contributed by atoms with E-state index < -0.39 is 17.8 Å². The number of nitrogens with two attached hydrogens (primary N) is 1. The molecule has 2 unspecified atom stereocenters. The molecular formula is C15H13BrCl2FNO. The minimum atomic E-state index is -1.03. The van der Waals surface area contributed by atoms with Gasteiger partial charge in [-0.25, -0.2) is 4.39 Å². The Morgan fingerprint density at radius 1 is 1.19 bits per heavy atom. The molecule has 2 rings (SSSR count). The first-order chi connectivity index (χ1) is 9.95. The average molecular weight is 393 g/mol. The first kappa shape index (κ1) is 16.7. The molecule has 2 aromatic carbocycles. The number of rotatable bonds is 4. The third-order valence-corrected chi connectivity index (χ3v) is 4.66. The Kier molecular flexibility index (Phi) is 5.63. The van der Waals surface area contributed by atoms with Gasteiger partial charge in [0, 0.05) is 27.0 Å². The summed E-state index contributed by atoms with van der Waals surface area (Å²) in [6.07, 6.45) is -1.03. The van der Waals surface area contributed by atoms with E-state index in [4.69, 9.17) is 28.9 Å². The van der Waals surface area contributed by atoms with Crippen molar-refractivity contribution in [1.82, 2.24) is 0 Å². The van der Waals surface area contributed by atoms with Gasteiger partial charge in [-0.2, -0.15) is 0 Å². The van der Waals surface area contributed by atoms with Crippen LogP contribution in [0.2, 0.25) is 10.0 Å². The molecule has 2 aromatic rings. The molecule has 21 heavy (non-hydrogen) atoms. The summed E-state index contributed by atoms with van der Waals surface area (Å²) >= 11 is 15.6. The Morgan fingerprint density at radius 2 is 1.81 bits per heavy atom. The van der Waals surface area contributed by atoms with E-state index in [9.17, 15) is 9.50 Å². The fourth-order valence-electron chi connectivity index (χ4n) is 2.23. The van der Waals surface area contributed by atoms with Gasteiger partial charge in [0.1, 0.15) is 5.82 Å². The zero-order valence-electron chi connectivity index (χ0n) is 10.9. The van der Waals surface area contributed by atoms with E-state index in [1.54, 1.807) is 18.2 Å². The standard InChI is InChI=1S/C15H13BrCl2FNO/c16-11-5-4-8(19)6-9(11)15(21)10(7-20)14-12(17)2-1-3-13(14)18/h1-6,10,15,21H,7,20H2. The highest BCUT2D eigenvalue weighted by Gasteiger charge is 2.27. The fraction of sp³-hybridized carbons (Fsp3) is 0.200. The number of aliphatic hydroxyl groups excluding tert-OH is 1. The average Bonchev–Trinajstić information content (AvgIpc) is 2.45. The van der Waals surface area contributed by atoms with E-state index in [0.717, 1.165) is 0 Å². The second-order valence-electron chi connectivity index (χ2n) is 4.59. The van der Waals surface area contributed by atoms with Gasteiger partial charge >= 0.3 is 0 Å². The highest BCUT2D eigenvalue weighted by molar-refractivity contribution is 9.10. The molecule has 2 nitrogen and oxygen atoms in total. The third-order valence-electron chi connectivity index (χ3n) is 3.28. The molecule has 0 heterocycles. The van der Waals surface area contributed by atoms with Crippen LogP contribution < -0.4 is 5.73 Å². The molecule has 0 amide bonds. The van der Waals surface area contributed by atoms with E-state index in [1.807, 2.05) is 0 Å². The summed E-state index contributed by atoms with van der Waals surface area (Å²) < 4.78 is 14.0. The lowest BCUT2D eigenvalue weighted by molar-refractivity contribution is 0.146. The first-order valence-electron chi connectivity index (χ1n) is 6.22. The van der Waals surface area contributed by atoms with E-state index in [1.165, 1.54) is 18.2 Å². The Hall–Kier alpha value is -0.650. The predicted molar refractivity (Wildman–Crippen MR) is 87.3 cm³/mol. The molecule has 0 fully saturated rings. The van der Waals surface area contributed by atoms with Crippen LogP contribution in [-0.2, 0) is 0 Å². The van der Waals surface area contributed by atoms with E-state index in [0.29, 0.717) is 25.6 Å². The van der Waals surface area contributed by atoms with Gasteiger partial charge in [0.15, 0.2) is 0 Å². The summed E-state index contributed by atoms with van der Waals surface area (Å²) in [5, 5.41) is 11.4. The largest absolute Gasteiger partial charge is 0.388 e. The molecule has 0 radical (unpaired) electrons. The number of hydrogen-bond acceptors (Lipinski definition) is 2. The SMILES string of the molecule is NCC(c1c(Cl)cccc1Cl)C(O)c1cc(F)ccc1Br. The maximum absolute atomic E-state index is 13.4. The number of hydrogen-bond donors (Lipinski definition) is 2. The molecule has 0 saturated carbocycles. The van der Waals surface area contributed by atoms with Crippen molar-refractivity contribution in [3.63, 3.8) is 0 Å². The van der Waals surface area contributed by atoms with Gasteiger partial charge in [-0.3, -0.25) is 0 Å². The Balaban J connectivity index is 2.48. The molecule has 0 aliphatic carbocycles. The molecule has 6 heteroatoms. The lowest BCUT2D eigenvalue weighted by Crippen LogP contribution is -2.21. The summed E-state index contributed by atoms with van der Waals surface area (Å²) in [5.41, 5.74) is 6.75. The van der Waals surface area contributed by atoms with Crippen LogP contribution in [0.25, 0.3) is 0 Å². The highest BCUT2D eigenvalue weighted by atomic mass is 79.9. The Bertz CT molecular complexity index is 633. The summed E-state index contributed by atoms with van der Waals surface area (Å²) in [6.45, 7) is 0.119. The van der Waals surface area contributed by atoms with Crippen LogP contribution in [0.5, 0.6) is 0 Å². The summed E-state index contributed by atoms with van der Waals surface area (Å²) in [6, 6.07) is 9.18. The van der Waals surface area contributed by atoms with Crippen molar-refractivity contribution in [3.8, 4) is 0 Å². The van der Waals surface area contributed by atoms with Crippen LogP contribution in [0.15, 0.2) is 40.9 Å². The van der Waals surface area contributed by atoms with Crippen LogP contribution in [0.3, 0.4) is 0 Å². The maximum atomic E-state index is 13.4. The molecule has 3 N–H and O–H groups in total. The zero-order chi connectivity index (χ0) is 15.6. The molecule has 112 valence electrons. The third kappa shape index (κ3) is 3.58. The molecule has 0 aliphatic rings. The maximum Gasteiger partial charge on any atom is 0.123 e. The highest BCUT2D eigenvalue weighted by Crippen LogP contribution is 2.40. The molecular weight excluding hydrogens is 380 g/mol. The van der Waals surface area contributed by atoms with Gasteiger partial charge in [0.25, 0.3) is 0 Å². The number of halogens is 4. The van der Waals surface area contributed by atoms with Gasteiger partial charge in [-0.1, -0.05) is 45.2 Å². The Morgan fingerprint density at radius 3 is 2.38 bits per heavy atom. The van der Waals surface area contributed by atoms with Crippen molar-refractivity contribution in [2.24, 2.45) is 5.73 Å². The van der Waals surface area contributed by atoms with Crippen molar-refractivity contribution < 1.29 is 9.50 Å². The van der Waals surface area contributed by atoms with Crippen molar-refractivity contribution in [3.05, 3.63) is 67.9 Å². The molecule has 0 aliphatic heterocycles.